The summed E-state index contributed by atoms with van der Waals surface area (Å²) in [5.74, 6) is -1.22. The highest BCUT2D eigenvalue weighted by molar-refractivity contribution is 7.88. The maximum atomic E-state index is 13.0. The van der Waals surface area contributed by atoms with Crippen molar-refractivity contribution in [3.63, 3.8) is 0 Å². The molecular formula is C20H21Cl2FN2O3S. The van der Waals surface area contributed by atoms with Crippen molar-refractivity contribution < 1.29 is 17.6 Å². The number of hydrogen-bond acceptors (Lipinski definition) is 3. The number of piperidine rings is 1. The summed E-state index contributed by atoms with van der Waals surface area (Å²) in [5.41, 5.74) is 1.25. The van der Waals surface area contributed by atoms with Gasteiger partial charge in [-0.25, -0.2) is 17.1 Å². The van der Waals surface area contributed by atoms with Gasteiger partial charge in [-0.3, -0.25) is 4.79 Å². The highest BCUT2D eigenvalue weighted by Crippen LogP contribution is 2.26. The third kappa shape index (κ3) is 5.92. The molecule has 5 nitrogen and oxygen atoms in total. The highest BCUT2D eigenvalue weighted by atomic mass is 35.5. The molecule has 0 aliphatic carbocycles. The molecule has 1 amide bonds. The minimum atomic E-state index is -3.63. The van der Waals surface area contributed by atoms with Gasteiger partial charge in [0.15, 0.2) is 0 Å². The van der Waals surface area contributed by atoms with Crippen molar-refractivity contribution >= 4 is 39.1 Å². The van der Waals surface area contributed by atoms with E-state index in [2.05, 4.69) is 5.32 Å². The monoisotopic (exact) mass is 458 g/mol. The lowest BCUT2D eigenvalue weighted by atomic mass is 9.99. The Bertz CT molecular complexity index is 984. The molecule has 9 heteroatoms. The molecule has 1 aliphatic heterocycles. The molecule has 1 heterocycles. The predicted octanol–water partition coefficient (Wildman–Crippen LogP) is 3.99. The molecule has 1 N–H and O–H groups in total. The van der Waals surface area contributed by atoms with Crippen LogP contribution in [-0.2, 0) is 27.1 Å². The van der Waals surface area contributed by atoms with Gasteiger partial charge in [-0.05, 0) is 48.2 Å². The average molecular weight is 459 g/mol. The zero-order chi connectivity index (χ0) is 21.0. The van der Waals surface area contributed by atoms with Crippen LogP contribution < -0.4 is 5.32 Å². The maximum absolute atomic E-state index is 13.0. The first kappa shape index (κ1) is 22.0. The number of nitrogens with zero attached hydrogens (tertiary/aromatic N) is 1. The molecule has 1 fully saturated rings. The topological polar surface area (TPSA) is 66.5 Å². The highest BCUT2D eigenvalue weighted by Gasteiger charge is 2.32. The fraction of sp³-hybridized carbons (Fsp3) is 0.350. The third-order valence-electron chi connectivity index (χ3n) is 4.88. The summed E-state index contributed by atoms with van der Waals surface area (Å²) in [5, 5.41) is 3.54. The Labute approximate surface area is 179 Å². The summed E-state index contributed by atoms with van der Waals surface area (Å²) in [4.78, 5) is 12.5. The molecule has 0 unspecified atom stereocenters. The van der Waals surface area contributed by atoms with E-state index in [0.717, 1.165) is 5.56 Å². The van der Waals surface area contributed by atoms with E-state index in [-0.39, 0.29) is 30.6 Å². The van der Waals surface area contributed by atoms with E-state index in [4.69, 9.17) is 23.2 Å². The molecule has 0 radical (unpaired) electrons. The Morgan fingerprint density at radius 2 is 1.90 bits per heavy atom. The molecule has 1 atom stereocenters. The number of rotatable bonds is 6. The van der Waals surface area contributed by atoms with E-state index in [9.17, 15) is 17.6 Å². The summed E-state index contributed by atoms with van der Waals surface area (Å²) >= 11 is 12.0. The molecule has 0 bridgehead atoms. The second kappa shape index (κ2) is 9.43. The molecule has 156 valence electrons. The van der Waals surface area contributed by atoms with Gasteiger partial charge in [0, 0.05) is 29.7 Å². The van der Waals surface area contributed by atoms with Crippen molar-refractivity contribution in [3.05, 3.63) is 69.5 Å². The average Bonchev–Trinajstić information content (AvgIpc) is 2.69. The quantitative estimate of drug-likeness (QED) is 0.711. The molecule has 2 aromatic carbocycles. The minimum Gasteiger partial charge on any atom is -0.352 e. The van der Waals surface area contributed by atoms with Crippen molar-refractivity contribution in [2.75, 3.05) is 13.1 Å². The van der Waals surface area contributed by atoms with Crippen LogP contribution in [0.1, 0.15) is 24.0 Å². The van der Waals surface area contributed by atoms with Crippen LogP contribution in [0.3, 0.4) is 0 Å². The van der Waals surface area contributed by atoms with E-state index in [1.807, 2.05) is 0 Å². The van der Waals surface area contributed by atoms with Gasteiger partial charge in [0.1, 0.15) is 5.82 Å². The van der Waals surface area contributed by atoms with Crippen LogP contribution in [0.5, 0.6) is 0 Å². The molecule has 0 spiro atoms. The first-order chi connectivity index (χ1) is 13.7. The van der Waals surface area contributed by atoms with E-state index in [1.165, 1.54) is 22.5 Å². The minimum absolute atomic E-state index is 0.128. The number of benzene rings is 2. The molecule has 0 aromatic heterocycles. The van der Waals surface area contributed by atoms with Gasteiger partial charge in [0.25, 0.3) is 0 Å². The van der Waals surface area contributed by atoms with E-state index in [0.29, 0.717) is 35.0 Å². The van der Waals surface area contributed by atoms with Gasteiger partial charge in [-0.1, -0.05) is 41.4 Å². The molecule has 2 aromatic rings. The van der Waals surface area contributed by atoms with Gasteiger partial charge in [-0.15, -0.1) is 0 Å². The van der Waals surface area contributed by atoms with Crippen molar-refractivity contribution in [1.82, 2.24) is 9.62 Å². The van der Waals surface area contributed by atoms with Gasteiger partial charge >= 0.3 is 0 Å². The van der Waals surface area contributed by atoms with Crippen LogP contribution in [0.25, 0.3) is 0 Å². The van der Waals surface area contributed by atoms with Crippen LogP contribution in [-0.4, -0.2) is 31.7 Å². The number of nitrogens with one attached hydrogen (secondary N) is 1. The molecule has 29 heavy (non-hydrogen) atoms. The van der Waals surface area contributed by atoms with E-state index >= 15 is 0 Å². The summed E-state index contributed by atoms with van der Waals surface area (Å²) in [6.07, 6.45) is 1.21. The normalized spacial score (nSPS) is 17.8. The Morgan fingerprint density at radius 1 is 1.17 bits per heavy atom. The first-order valence-corrected chi connectivity index (χ1v) is 11.5. The second-order valence-electron chi connectivity index (χ2n) is 7.03. The van der Waals surface area contributed by atoms with Gasteiger partial charge in [0.05, 0.1) is 11.7 Å². The van der Waals surface area contributed by atoms with Crippen LogP contribution in [0.2, 0.25) is 10.0 Å². The van der Waals surface area contributed by atoms with E-state index in [1.54, 1.807) is 24.3 Å². The van der Waals surface area contributed by atoms with Gasteiger partial charge in [0.2, 0.25) is 15.9 Å². The van der Waals surface area contributed by atoms with Gasteiger partial charge < -0.3 is 5.32 Å². The maximum Gasteiger partial charge on any atom is 0.224 e. The summed E-state index contributed by atoms with van der Waals surface area (Å²) < 4.78 is 40.0. The first-order valence-electron chi connectivity index (χ1n) is 9.18. The number of amides is 1. The molecule has 1 saturated heterocycles. The van der Waals surface area contributed by atoms with Crippen molar-refractivity contribution in [2.45, 2.75) is 25.1 Å². The Morgan fingerprint density at radius 3 is 2.59 bits per heavy atom. The van der Waals surface area contributed by atoms with Crippen molar-refractivity contribution in [2.24, 2.45) is 5.92 Å². The van der Waals surface area contributed by atoms with Crippen LogP contribution in [0.15, 0.2) is 42.5 Å². The molecule has 1 aliphatic rings. The Balaban J connectivity index is 1.61. The predicted molar refractivity (Wildman–Crippen MR) is 112 cm³/mol. The lowest BCUT2D eigenvalue weighted by Crippen LogP contribution is -2.45. The summed E-state index contributed by atoms with van der Waals surface area (Å²) in [7, 11) is -3.63. The van der Waals surface area contributed by atoms with Crippen molar-refractivity contribution in [1.29, 1.82) is 0 Å². The summed E-state index contributed by atoms with van der Waals surface area (Å²) in [6.45, 7) is 0.765. The Kier molecular flexibility index (Phi) is 7.16. The smallest absolute Gasteiger partial charge is 0.224 e. The number of halogens is 3. The third-order valence-corrected chi connectivity index (χ3v) is 7.26. The molecular weight excluding hydrogens is 438 g/mol. The van der Waals surface area contributed by atoms with Crippen LogP contribution >= 0.6 is 23.2 Å². The summed E-state index contributed by atoms with van der Waals surface area (Å²) in [6, 6.07) is 10.6. The lowest BCUT2D eigenvalue weighted by Gasteiger charge is -2.31. The lowest BCUT2D eigenvalue weighted by molar-refractivity contribution is -0.126. The second-order valence-corrected chi connectivity index (χ2v) is 9.85. The standard InChI is InChI=1S/C20H21Cl2FN2O3S/c21-17-6-5-16(19(22)10-17)13-29(27,28)25-9-1-2-15(12-25)20(26)24-11-14-3-7-18(23)8-4-14/h3-8,10,15H,1-2,9,11-13H2,(H,24,26)/t15-/m1/s1. The Hall–Kier alpha value is -1.67. The molecule has 3 rings (SSSR count). The molecule has 0 saturated carbocycles. The van der Waals surface area contributed by atoms with Crippen LogP contribution in [0.4, 0.5) is 4.39 Å². The number of carbonyl (C=O) groups excluding carboxylic acids is 1. The fourth-order valence-electron chi connectivity index (χ4n) is 3.27. The van der Waals surface area contributed by atoms with Crippen LogP contribution in [0, 0.1) is 11.7 Å². The fourth-order valence-corrected chi connectivity index (χ4v) is 5.47. The SMILES string of the molecule is O=C(NCc1ccc(F)cc1)[C@@H]1CCCN(S(=O)(=O)Cc2ccc(Cl)cc2Cl)C1. The van der Waals surface area contributed by atoms with Gasteiger partial charge in [-0.2, -0.15) is 0 Å². The zero-order valence-electron chi connectivity index (χ0n) is 15.6. The number of carbonyl (C=O) groups is 1. The number of hydrogen-bond donors (Lipinski definition) is 1. The zero-order valence-corrected chi connectivity index (χ0v) is 17.9. The largest absolute Gasteiger partial charge is 0.352 e. The van der Waals surface area contributed by atoms with Crippen molar-refractivity contribution in [3.8, 4) is 0 Å². The van der Waals surface area contributed by atoms with E-state index < -0.39 is 15.9 Å². The number of sulfonamides is 1.